The number of rotatable bonds is 3. The fourth-order valence-electron chi connectivity index (χ4n) is 2.79. The number of aromatic nitrogens is 2. The van der Waals surface area contributed by atoms with Crippen molar-refractivity contribution < 1.29 is 9.59 Å². The van der Waals surface area contributed by atoms with Crippen LogP contribution in [0, 0.1) is 5.92 Å². The summed E-state index contributed by atoms with van der Waals surface area (Å²) in [6.45, 7) is 0.409. The highest BCUT2D eigenvalue weighted by Crippen LogP contribution is 2.30. The van der Waals surface area contributed by atoms with E-state index in [1.54, 1.807) is 4.90 Å². The number of amides is 2. The minimum atomic E-state index is -0.270. The number of aromatic amines is 1. The summed E-state index contributed by atoms with van der Waals surface area (Å²) in [5, 5.41) is 11.1. The van der Waals surface area contributed by atoms with Crippen LogP contribution >= 0.6 is 0 Å². The summed E-state index contributed by atoms with van der Waals surface area (Å²) >= 11 is 0. The van der Waals surface area contributed by atoms with Crippen LogP contribution in [0.25, 0.3) is 10.9 Å². The third-order valence-corrected chi connectivity index (χ3v) is 4.13. The van der Waals surface area contributed by atoms with E-state index < -0.39 is 0 Å². The molecule has 21 heavy (non-hydrogen) atoms. The van der Waals surface area contributed by atoms with Crippen LogP contribution in [-0.4, -0.2) is 34.6 Å². The lowest BCUT2D eigenvalue weighted by molar-refractivity contribution is -0.126. The van der Waals surface area contributed by atoms with Gasteiger partial charge in [0.15, 0.2) is 5.82 Å². The molecule has 0 radical (unpaired) electrons. The van der Waals surface area contributed by atoms with Gasteiger partial charge in [-0.25, -0.2) is 0 Å². The van der Waals surface area contributed by atoms with Crippen molar-refractivity contribution in [3.05, 3.63) is 24.3 Å². The van der Waals surface area contributed by atoms with Crippen LogP contribution in [0.4, 0.5) is 5.82 Å². The van der Waals surface area contributed by atoms with Crippen LogP contribution < -0.4 is 10.2 Å². The fraction of sp³-hybridized carbons (Fsp3) is 0.400. The van der Waals surface area contributed by atoms with Crippen molar-refractivity contribution in [3.63, 3.8) is 0 Å². The highest BCUT2D eigenvalue weighted by molar-refractivity contribution is 6.05. The second kappa shape index (κ2) is 4.58. The van der Waals surface area contributed by atoms with Crippen LogP contribution in [0.15, 0.2) is 24.3 Å². The SMILES string of the molecule is O=C(NC1CC1)[C@H]1CC(=O)N(c2n[nH]c3ccccc23)C1. The van der Waals surface area contributed by atoms with E-state index in [1.807, 2.05) is 24.3 Å². The first-order chi connectivity index (χ1) is 10.2. The van der Waals surface area contributed by atoms with Gasteiger partial charge < -0.3 is 5.32 Å². The van der Waals surface area contributed by atoms with Crippen LogP contribution in [0.5, 0.6) is 0 Å². The van der Waals surface area contributed by atoms with E-state index in [0.717, 1.165) is 23.7 Å². The number of nitrogens with zero attached hydrogens (tertiary/aromatic N) is 2. The number of carbonyl (C=O) groups is 2. The summed E-state index contributed by atoms with van der Waals surface area (Å²) in [6.07, 6.45) is 2.37. The first-order valence-corrected chi connectivity index (χ1v) is 7.26. The largest absolute Gasteiger partial charge is 0.353 e. The average Bonchev–Trinajstić information content (AvgIpc) is 3.06. The van der Waals surface area contributed by atoms with Gasteiger partial charge in [0.25, 0.3) is 0 Å². The predicted molar refractivity (Wildman–Crippen MR) is 77.7 cm³/mol. The molecule has 1 aromatic carbocycles. The fourth-order valence-corrected chi connectivity index (χ4v) is 2.79. The molecule has 1 aromatic heterocycles. The molecule has 2 aromatic rings. The van der Waals surface area contributed by atoms with E-state index in [2.05, 4.69) is 15.5 Å². The van der Waals surface area contributed by atoms with Crippen molar-refractivity contribution in [2.24, 2.45) is 5.92 Å². The van der Waals surface area contributed by atoms with Crippen molar-refractivity contribution >= 4 is 28.5 Å². The van der Waals surface area contributed by atoms with Gasteiger partial charge in [-0.15, -0.1) is 0 Å². The number of fused-ring (bicyclic) bond motifs is 1. The number of para-hydroxylation sites is 1. The average molecular weight is 284 g/mol. The maximum Gasteiger partial charge on any atom is 0.229 e. The predicted octanol–water partition coefficient (Wildman–Crippen LogP) is 1.19. The van der Waals surface area contributed by atoms with Crippen LogP contribution in [0.1, 0.15) is 19.3 Å². The monoisotopic (exact) mass is 284 g/mol. The number of benzene rings is 1. The molecule has 1 saturated carbocycles. The van der Waals surface area contributed by atoms with Crippen molar-refractivity contribution in [1.29, 1.82) is 0 Å². The summed E-state index contributed by atoms with van der Waals surface area (Å²) in [5.74, 6) is 0.308. The molecule has 1 atom stereocenters. The highest BCUT2D eigenvalue weighted by Gasteiger charge is 2.38. The molecule has 1 saturated heterocycles. The summed E-state index contributed by atoms with van der Waals surface area (Å²) in [7, 11) is 0. The van der Waals surface area contributed by atoms with Crippen molar-refractivity contribution in [2.75, 3.05) is 11.4 Å². The number of nitrogens with one attached hydrogen (secondary N) is 2. The molecule has 0 unspecified atom stereocenters. The lowest BCUT2D eigenvalue weighted by atomic mass is 10.1. The van der Waals surface area contributed by atoms with Crippen molar-refractivity contribution in [3.8, 4) is 0 Å². The summed E-state index contributed by atoms with van der Waals surface area (Å²) < 4.78 is 0. The second-order valence-electron chi connectivity index (χ2n) is 5.78. The van der Waals surface area contributed by atoms with Crippen LogP contribution in [0.3, 0.4) is 0 Å². The van der Waals surface area contributed by atoms with E-state index in [4.69, 9.17) is 0 Å². The third kappa shape index (κ3) is 2.16. The first-order valence-electron chi connectivity index (χ1n) is 7.26. The molecule has 0 spiro atoms. The molecule has 1 aliphatic carbocycles. The zero-order valence-electron chi connectivity index (χ0n) is 11.5. The standard InChI is InChI=1S/C15H16N4O2/c20-13-7-9(15(21)16-10-5-6-10)8-19(13)14-11-3-1-2-4-12(11)17-18-14/h1-4,9-10H,5-8H2,(H,16,21)(H,17,18)/t9-/m0/s1. The maximum absolute atomic E-state index is 12.2. The van der Waals surface area contributed by atoms with Gasteiger partial charge in [-0.3, -0.25) is 19.6 Å². The third-order valence-electron chi connectivity index (χ3n) is 4.13. The minimum Gasteiger partial charge on any atom is -0.353 e. The molecular formula is C15H16N4O2. The van der Waals surface area contributed by atoms with Gasteiger partial charge >= 0.3 is 0 Å². The number of hydrogen-bond donors (Lipinski definition) is 2. The molecule has 2 N–H and O–H groups in total. The Labute approximate surface area is 121 Å². The molecule has 2 heterocycles. The zero-order chi connectivity index (χ0) is 14.4. The van der Waals surface area contributed by atoms with E-state index in [0.29, 0.717) is 18.4 Å². The quantitative estimate of drug-likeness (QED) is 0.889. The van der Waals surface area contributed by atoms with Gasteiger partial charge in [0.2, 0.25) is 11.8 Å². The summed E-state index contributed by atoms with van der Waals surface area (Å²) in [5.41, 5.74) is 0.895. The smallest absolute Gasteiger partial charge is 0.229 e. The van der Waals surface area contributed by atoms with E-state index >= 15 is 0 Å². The molecule has 6 heteroatoms. The lowest BCUT2D eigenvalue weighted by Crippen LogP contribution is -2.34. The minimum absolute atomic E-state index is 0.00630. The molecule has 6 nitrogen and oxygen atoms in total. The Kier molecular flexibility index (Phi) is 2.70. The molecule has 4 rings (SSSR count). The number of anilines is 1. The Hall–Kier alpha value is -2.37. The number of carbonyl (C=O) groups excluding carboxylic acids is 2. The Balaban J connectivity index is 1.57. The first kappa shape index (κ1) is 12.4. The molecular weight excluding hydrogens is 268 g/mol. The molecule has 108 valence electrons. The van der Waals surface area contributed by atoms with Gasteiger partial charge in [-0.05, 0) is 25.0 Å². The van der Waals surface area contributed by atoms with Gasteiger partial charge in [0, 0.05) is 24.4 Å². The van der Waals surface area contributed by atoms with E-state index in [1.165, 1.54) is 0 Å². The molecule has 1 aliphatic heterocycles. The summed E-state index contributed by atoms with van der Waals surface area (Å²) in [4.78, 5) is 25.9. The number of H-pyrrole nitrogens is 1. The van der Waals surface area contributed by atoms with E-state index in [9.17, 15) is 9.59 Å². The Morgan fingerprint density at radius 2 is 2.14 bits per heavy atom. The van der Waals surface area contributed by atoms with E-state index in [-0.39, 0.29) is 24.2 Å². The lowest BCUT2D eigenvalue weighted by Gasteiger charge is -2.14. The van der Waals surface area contributed by atoms with Gasteiger partial charge in [0.1, 0.15) is 0 Å². The zero-order valence-corrected chi connectivity index (χ0v) is 11.5. The normalized spacial score (nSPS) is 22.0. The topological polar surface area (TPSA) is 78.1 Å². The van der Waals surface area contributed by atoms with Crippen LogP contribution in [0.2, 0.25) is 0 Å². The summed E-state index contributed by atoms with van der Waals surface area (Å²) in [6, 6.07) is 8.01. The van der Waals surface area contributed by atoms with Crippen molar-refractivity contribution in [2.45, 2.75) is 25.3 Å². The number of hydrogen-bond acceptors (Lipinski definition) is 3. The van der Waals surface area contributed by atoms with Gasteiger partial charge in [-0.1, -0.05) is 12.1 Å². The van der Waals surface area contributed by atoms with Gasteiger partial charge in [-0.2, -0.15) is 5.10 Å². The second-order valence-corrected chi connectivity index (χ2v) is 5.78. The van der Waals surface area contributed by atoms with Crippen molar-refractivity contribution in [1.82, 2.24) is 15.5 Å². The molecule has 2 aliphatic rings. The molecule has 2 fully saturated rings. The van der Waals surface area contributed by atoms with Crippen LogP contribution in [-0.2, 0) is 9.59 Å². The highest BCUT2D eigenvalue weighted by atomic mass is 16.2. The maximum atomic E-state index is 12.2. The Bertz CT molecular complexity index is 719. The Morgan fingerprint density at radius 1 is 1.33 bits per heavy atom. The molecule has 2 amide bonds. The Morgan fingerprint density at radius 3 is 2.95 bits per heavy atom. The molecule has 0 bridgehead atoms. The van der Waals surface area contributed by atoms with Gasteiger partial charge in [0.05, 0.1) is 11.4 Å².